The molecular weight excluding hydrogens is 284 g/mol. The lowest BCUT2D eigenvalue weighted by Crippen LogP contribution is -2.31. The number of amides is 1. The number of halogens is 1. The van der Waals surface area contributed by atoms with E-state index in [9.17, 15) is 4.79 Å². The summed E-state index contributed by atoms with van der Waals surface area (Å²) in [5.41, 5.74) is 0. The number of carbonyl (C=O) groups is 1. The van der Waals surface area contributed by atoms with Gasteiger partial charge in [-0.05, 0) is 37.4 Å². The predicted octanol–water partition coefficient (Wildman–Crippen LogP) is 2.34. The molecule has 5 nitrogen and oxygen atoms in total. The summed E-state index contributed by atoms with van der Waals surface area (Å²) in [4.78, 5) is 21.9. The van der Waals surface area contributed by atoms with Gasteiger partial charge < -0.3 is 10.6 Å². The van der Waals surface area contributed by atoms with Gasteiger partial charge in [-0.15, -0.1) is 11.3 Å². The fraction of sp³-hybridized carbons (Fsp3) is 0.417. The molecule has 2 aromatic heterocycles. The van der Waals surface area contributed by atoms with Gasteiger partial charge in [-0.25, -0.2) is 9.97 Å². The molecule has 2 heterocycles. The van der Waals surface area contributed by atoms with Crippen LogP contribution in [0.1, 0.15) is 17.7 Å². The van der Waals surface area contributed by atoms with Crippen molar-refractivity contribution in [3.8, 4) is 0 Å². The SMILES string of the molecule is Cc1cc2c(NCC(=O)NC3CC3)nc(Cl)nc2s1. The second-order valence-electron chi connectivity index (χ2n) is 4.61. The van der Waals surface area contributed by atoms with E-state index in [2.05, 4.69) is 20.6 Å². The van der Waals surface area contributed by atoms with Gasteiger partial charge in [0.2, 0.25) is 11.2 Å². The van der Waals surface area contributed by atoms with E-state index in [1.54, 1.807) is 11.3 Å². The number of hydrogen-bond acceptors (Lipinski definition) is 5. The Kier molecular flexibility index (Phi) is 3.28. The van der Waals surface area contributed by atoms with Crippen LogP contribution in [-0.2, 0) is 4.79 Å². The number of hydrogen-bond donors (Lipinski definition) is 2. The van der Waals surface area contributed by atoms with Gasteiger partial charge in [-0.1, -0.05) is 0 Å². The molecular formula is C12H13ClN4OS. The largest absolute Gasteiger partial charge is 0.360 e. The summed E-state index contributed by atoms with van der Waals surface area (Å²) in [6.45, 7) is 2.21. The third-order valence-corrected chi connectivity index (χ3v) is 3.96. The van der Waals surface area contributed by atoms with Crippen LogP contribution in [0.4, 0.5) is 5.82 Å². The molecule has 2 aromatic rings. The number of anilines is 1. The summed E-state index contributed by atoms with van der Waals surface area (Å²) in [6, 6.07) is 2.36. The summed E-state index contributed by atoms with van der Waals surface area (Å²) < 4.78 is 0. The summed E-state index contributed by atoms with van der Waals surface area (Å²) in [5.74, 6) is 0.600. The van der Waals surface area contributed by atoms with Crippen LogP contribution in [0.15, 0.2) is 6.07 Å². The monoisotopic (exact) mass is 296 g/mol. The molecule has 2 N–H and O–H groups in total. The van der Waals surface area contributed by atoms with E-state index in [-0.39, 0.29) is 17.7 Å². The van der Waals surface area contributed by atoms with Gasteiger partial charge in [0.15, 0.2) is 0 Å². The minimum absolute atomic E-state index is 0.0164. The van der Waals surface area contributed by atoms with Crippen LogP contribution < -0.4 is 10.6 Å². The van der Waals surface area contributed by atoms with Crippen molar-refractivity contribution >= 4 is 44.9 Å². The lowest BCUT2D eigenvalue weighted by atomic mass is 10.3. The quantitative estimate of drug-likeness (QED) is 0.850. The lowest BCUT2D eigenvalue weighted by Gasteiger charge is -2.07. The van der Waals surface area contributed by atoms with E-state index in [1.807, 2.05) is 13.0 Å². The van der Waals surface area contributed by atoms with Crippen LogP contribution in [0.5, 0.6) is 0 Å². The van der Waals surface area contributed by atoms with Gasteiger partial charge in [0.25, 0.3) is 0 Å². The number of fused-ring (bicyclic) bond motifs is 1. The highest BCUT2D eigenvalue weighted by Gasteiger charge is 2.23. The molecule has 100 valence electrons. The molecule has 1 saturated carbocycles. The Labute approximate surface area is 119 Å². The van der Waals surface area contributed by atoms with Crippen molar-refractivity contribution in [3.63, 3.8) is 0 Å². The zero-order valence-electron chi connectivity index (χ0n) is 10.4. The van der Waals surface area contributed by atoms with Crippen LogP contribution in [-0.4, -0.2) is 28.5 Å². The van der Waals surface area contributed by atoms with Crippen molar-refractivity contribution in [3.05, 3.63) is 16.2 Å². The molecule has 19 heavy (non-hydrogen) atoms. The van der Waals surface area contributed by atoms with Crippen molar-refractivity contribution < 1.29 is 4.79 Å². The molecule has 0 aliphatic heterocycles. The zero-order chi connectivity index (χ0) is 13.4. The molecule has 1 fully saturated rings. The Morgan fingerprint density at radius 1 is 1.53 bits per heavy atom. The molecule has 1 amide bonds. The van der Waals surface area contributed by atoms with Crippen molar-refractivity contribution in [2.75, 3.05) is 11.9 Å². The Bertz CT molecular complexity index is 638. The van der Waals surface area contributed by atoms with Gasteiger partial charge in [0.05, 0.1) is 11.9 Å². The molecule has 0 bridgehead atoms. The maximum Gasteiger partial charge on any atom is 0.239 e. The molecule has 1 aliphatic rings. The zero-order valence-corrected chi connectivity index (χ0v) is 11.9. The molecule has 3 rings (SSSR count). The minimum Gasteiger partial charge on any atom is -0.360 e. The van der Waals surface area contributed by atoms with E-state index in [0.717, 1.165) is 27.9 Å². The molecule has 0 aromatic carbocycles. The predicted molar refractivity (Wildman–Crippen MR) is 76.8 cm³/mol. The number of aryl methyl sites for hydroxylation is 1. The normalized spacial score (nSPS) is 14.6. The first-order valence-corrected chi connectivity index (χ1v) is 7.28. The Morgan fingerprint density at radius 3 is 3.05 bits per heavy atom. The van der Waals surface area contributed by atoms with E-state index < -0.39 is 0 Å². The van der Waals surface area contributed by atoms with Crippen molar-refractivity contribution in [2.45, 2.75) is 25.8 Å². The number of rotatable bonds is 4. The van der Waals surface area contributed by atoms with E-state index >= 15 is 0 Å². The summed E-state index contributed by atoms with van der Waals surface area (Å²) in [7, 11) is 0. The van der Waals surface area contributed by atoms with E-state index in [0.29, 0.717) is 11.9 Å². The van der Waals surface area contributed by atoms with Crippen LogP contribution >= 0.6 is 22.9 Å². The number of thiophene rings is 1. The molecule has 0 radical (unpaired) electrons. The summed E-state index contributed by atoms with van der Waals surface area (Å²) in [6.07, 6.45) is 2.16. The summed E-state index contributed by atoms with van der Waals surface area (Å²) >= 11 is 7.45. The molecule has 1 aliphatic carbocycles. The maximum absolute atomic E-state index is 11.6. The van der Waals surface area contributed by atoms with Gasteiger partial charge in [-0.3, -0.25) is 4.79 Å². The van der Waals surface area contributed by atoms with Crippen LogP contribution in [0, 0.1) is 6.92 Å². The van der Waals surface area contributed by atoms with Crippen molar-refractivity contribution in [1.82, 2.24) is 15.3 Å². The second kappa shape index (κ2) is 4.94. The third kappa shape index (κ3) is 2.96. The highest BCUT2D eigenvalue weighted by Crippen LogP contribution is 2.29. The minimum atomic E-state index is -0.0164. The smallest absolute Gasteiger partial charge is 0.239 e. The maximum atomic E-state index is 11.6. The first-order valence-electron chi connectivity index (χ1n) is 6.09. The highest BCUT2D eigenvalue weighted by molar-refractivity contribution is 7.18. The van der Waals surface area contributed by atoms with Crippen LogP contribution in [0.3, 0.4) is 0 Å². The average Bonchev–Trinajstić information content (AvgIpc) is 3.06. The van der Waals surface area contributed by atoms with E-state index in [4.69, 9.17) is 11.6 Å². The standard InChI is InChI=1S/C12H13ClN4OS/c1-6-4-8-10(16-12(13)17-11(8)19-6)14-5-9(18)15-7-2-3-7/h4,7H,2-3,5H2,1H3,(H,15,18)(H,14,16,17). The van der Waals surface area contributed by atoms with Gasteiger partial charge in [0.1, 0.15) is 10.6 Å². The Hall–Kier alpha value is -1.40. The summed E-state index contributed by atoms with van der Waals surface area (Å²) in [5, 5.41) is 7.05. The number of nitrogens with zero attached hydrogens (tertiary/aromatic N) is 2. The highest BCUT2D eigenvalue weighted by atomic mass is 35.5. The molecule has 0 spiro atoms. The lowest BCUT2D eigenvalue weighted by molar-refractivity contribution is -0.119. The van der Waals surface area contributed by atoms with Crippen molar-refractivity contribution in [1.29, 1.82) is 0 Å². The Morgan fingerprint density at radius 2 is 2.32 bits per heavy atom. The fourth-order valence-electron chi connectivity index (χ4n) is 1.82. The van der Waals surface area contributed by atoms with Gasteiger partial charge in [-0.2, -0.15) is 0 Å². The average molecular weight is 297 g/mol. The fourth-order valence-corrected chi connectivity index (χ4v) is 2.92. The molecule has 0 saturated heterocycles. The molecule has 0 atom stereocenters. The molecule has 7 heteroatoms. The second-order valence-corrected chi connectivity index (χ2v) is 6.19. The number of aromatic nitrogens is 2. The molecule has 0 unspecified atom stereocenters. The topological polar surface area (TPSA) is 66.9 Å². The first-order chi connectivity index (χ1) is 9.11. The van der Waals surface area contributed by atoms with Crippen LogP contribution in [0.2, 0.25) is 5.28 Å². The van der Waals surface area contributed by atoms with E-state index in [1.165, 1.54) is 0 Å². The first kappa shape index (κ1) is 12.6. The third-order valence-electron chi connectivity index (χ3n) is 2.85. The number of carbonyl (C=O) groups excluding carboxylic acids is 1. The van der Waals surface area contributed by atoms with Crippen LogP contribution in [0.25, 0.3) is 10.2 Å². The van der Waals surface area contributed by atoms with Crippen molar-refractivity contribution in [2.24, 2.45) is 0 Å². The van der Waals surface area contributed by atoms with Gasteiger partial charge >= 0.3 is 0 Å². The Balaban J connectivity index is 1.77. The number of nitrogens with one attached hydrogen (secondary N) is 2. The van der Waals surface area contributed by atoms with Gasteiger partial charge in [0, 0.05) is 10.9 Å².